The van der Waals surface area contributed by atoms with Crippen molar-refractivity contribution in [2.24, 2.45) is 11.8 Å². The topological polar surface area (TPSA) is 66.8 Å². The molecule has 1 aromatic rings. The van der Waals surface area contributed by atoms with Crippen molar-refractivity contribution in [2.75, 3.05) is 0 Å². The zero-order chi connectivity index (χ0) is 22.1. The summed E-state index contributed by atoms with van der Waals surface area (Å²) in [6.45, 7) is 10.8. The van der Waals surface area contributed by atoms with Crippen LogP contribution in [0, 0.1) is 11.8 Å². The molecule has 166 valence electrons. The van der Waals surface area contributed by atoms with Gasteiger partial charge in [-0.25, -0.2) is 0 Å². The molecule has 0 aromatic heterocycles. The monoisotopic (exact) mass is 431 g/mol. The predicted octanol–water partition coefficient (Wildman–Crippen LogP) is 4.50. The molecule has 1 aromatic carbocycles. The number of hydrogen-bond acceptors (Lipinski definition) is 4. The number of imide groups is 1. The van der Waals surface area contributed by atoms with Crippen molar-refractivity contribution in [1.82, 2.24) is 4.90 Å². The Morgan fingerprint density at radius 2 is 1.67 bits per heavy atom. The van der Waals surface area contributed by atoms with Crippen molar-refractivity contribution >= 4 is 20.1 Å². The predicted molar refractivity (Wildman–Crippen MR) is 120 cm³/mol. The molecule has 0 radical (unpaired) electrons. The van der Waals surface area contributed by atoms with E-state index in [0.717, 1.165) is 31.2 Å². The average Bonchev–Trinajstić information content (AvgIpc) is 2.92. The van der Waals surface area contributed by atoms with Crippen molar-refractivity contribution in [3.05, 3.63) is 35.9 Å². The molecule has 1 saturated carbocycles. The first kappa shape index (κ1) is 23.2. The first-order valence-electron chi connectivity index (χ1n) is 11.3. The minimum atomic E-state index is -2.31. The molecule has 5 nitrogen and oxygen atoms in total. The van der Waals surface area contributed by atoms with Gasteiger partial charge < -0.3 is 9.53 Å². The van der Waals surface area contributed by atoms with Crippen LogP contribution in [-0.4, -0.2) is 42.3 Å². The third-order valence-electron chi connectivity index (χ3n) is 7.30. The summed E-state index contributed by atoms with van der Waals surface area (Å²) < 4.78 is 6.51. The highest BCUT2D eigenvalue weighted by Crippen LogP contribution is 2.42. The normalized spacial score (nSPS) is 25.1. The van der Waals surface area contributed by atoms with Crippen LogP contribution in [0.3, 0.4) is 0 Å². The van der Waals surface area contributed by atoms with Gasteiger partial charge in [0.1, 0.15) is 6.10 Å². The first-order valence-corrected chi connectivity index (χ1v) is 14.2. The van der Waals surface area contributed by atoms with E-state index in [1.807, 2.05) is 30.3 Å². The number of nitrogens with zero attached hydrogens (tertiary/aromatic N) is 1. The Bertz CT molecular complexity index is 752. The maximum Gasteiger partial charge on any atom is 0.258 e. The Hall–Kier alpha value is -1.50. The molecule has 1 heterocycles. The fraction of sp³-hybridized carbons (Fsp3) is 0.667. The molecule has 6 heteroatoms. The van der Waals surface area contributed by atoms with Crippen LogP contribution < -0.4 is 0 Å². The number of aliphatic hydroxyl groups is 1. The molecule has 0 spiro atoms. The van der Waals surface area contributed by atoms with Gasteiger partial charge in [0.15, 0.2) is 8.32 Å². The van der Waals surface area contributed by atoms with Gasteiger partial charge in [-0.1, -0.05) is 70.4 Å². The molecule has 30 heavy (non-hydrogen) atoms. The number of carbonyl (C=O) groups is 2. The summed E-state index contributed by atoms with van der Waals surface area (Å²) in [7, 11) is -2.31. The minimum Gasteiger partial charge on any atom is -0.404 e. The van der Waals surface area contributed by atoms with Crippen molar-refractivity contribution < 1.29 is 19.1 Å². The lowest BCUT2D eigenvalue weighted by atomic mass is 9.79. The second-order valence-electron chi connectivity index (χ2n) is 10.5. The van der Waals surface area contributed by atoms with Crippen molar-refractivity contribution in [2.45, 2.75) is 89.8 Å². The Morgan fingerprint density at radius 3 is 2.23 bits per heavy atom. The Morgan fingerprint density at radius 1 is 1.07 bits per heavy atom. The largest absolute Gasteiger partial charge is 0.404 e. The van der Waals surface area contributed by atoms with Crippen LogP contribution >= 0.6 is 0 Å². The van der Waals surface area contributed by atoms with Crippen LogP contribution in [-0.2, 0) is 20.6 Å². The van der Waals surface area contributed by atoms with E-state index < -0.39 is 26.4 Å². The molecule has 1 N–H and O–H groups in total. The van der Waals surface area contributed by atoms with Crippen LogP contribution in [0.25, 0.3) is 0 Å². The summed E-state index contributed by atoms with van der Waals surface area (Å²) in [5.74, 6) is -1.33. The van der Waals surface area contributed by atoms with Gasteiger partial charge in [0.25, 0.3) is 5.91 Å². The van der Waals surface area contributed by atoms with E-state index in [-0.39, 0.29) is 29.3 Å². The van der Waals surface area contributed by atoms with Crippen LogP contribution in [0.5, 0.6) is 0 Å². The van der Waals surface area contributed by atoms with E-state index >= 15 is 0 Å². The number of hydrogen-bond donors (Lipinski definition) is 1. The Balaban J connectivity index is 1.90. The Labute approximate surface area is 181 Å². The second kappa shape index (κ2) is 8.93. The molecule has 2 fully saturated rings. The van der Waals surface area contributed by atoms with Gasteiger partial charge >= 0.3 is 0 Å². The molecule has 3 rings (SSSR count). The van der Waals surface area contributed by atoms with E-state index in [4.69, 9.17) is 4.43 Å². The molecular formula is C24H37NO4Si. The number of rotatable bonds is 6. The molecule has 1 aliphatic heterocycles. The lowest BCUT2D eigenvalue weighted by molar-refractivity contribution is -0.142. The van der Waals surface area contributed by atoms with Crippen LogP contribution in [0.4, 0.5) is 0 Å². The number of aliphatic hydroxyl groups excluding tert-OH is 1. The van der Waals surface area contributed by atoms with Gasteiger partial charge in [-0.05, 0) is 42.5 Å². The molecule has 0 bridgehead atoms. The summed E-state index contributed by atoms with van der Waals surface area (Å²) in [5, 5.41) is 11.2. The average molecular weight is 432 g/mol. The third-order valence-corrected chi connectivity index (χ3v) is 11.8. The van der Waals surface area contributed by atoms with Crippen LogP contribution in [0.2, 0.25) is 18.1 Å². The van der Waals surface area contributed by atoms with E-state index in [1.165, 1.54) is 11.3 Å². The molecule has 1 aliphatic carbocycles. The van der Waals surface area contributed by atoms with Gasteiger partial charge in [0, 0.05) is 0 Å². The van der Waals surface area contributed by atoms with Gasteiger partial charge in [0.05, 0.1) is 18.6 Å². The summed E-state index contributed by atoms with van der Waals surface area (Å²) in [4.78, 5) is 28.2. The van der Waals surface area contributed by atoms with Gasteiger partial charge in [-0.3, -0.25) is 14.5 Å². The third kappa shape index (κ3) is 4.71. The maximum atomic E-state index is 13.4. The maximum absolute atomic E-state index is 13.4. The molecule has 2 amide bonds. The quantitative estimate of drug-likeness (QED) is 0.532. The number of likely N-dealkylation sites (tertiary alicyclic amines) is 1. The van der Waals surface area contributed by atoms with E-state index in [1.54, 1.807) is 0 Å². The van der Waals surface area contributed by atoms with Gasteiger partial charge in [0.2, 0.25) is 5.91 Å². The number of carbonyl (C=O) groups excluding carboxylic acids is 2. The summed E-state index contributed by atoms with van der Waals surface area (Å²) in [6, 6.07) is 9.54. The van der Waals surface area contributed by atoms with E-state index in [9.17, 15) is 14.7 Å². The highest BCUT2D eigenvalue weighted by atomic mass is 28.4. The number of amides is 2. The second-order valence-corrected chi connectivity index (χ2v) is 15.2. The van der Waals surface area contributed by atoms with E-state index in [2.05, 4.69) is 33.9 Å². The zero-order valence-corrected chi connectivity index (χ0v) is 20.1. The van der Waals surface area contributed by atoms with E-state index in [0.29, 0.717) is 0 Å². The summed E-state index contributed by atoms with van der Waals surface area (Å²) in [6.07, 6.45) is 3.40. The fourth-order valence-corrected chi connectivity index (χ4v) is 5.59. The molecule has 0 unspecified atom stereocenters. The number of benzene rings is 1. The highest BCUT2D eigenvalue weighted by molar-refractivity contribution is 6.74. The van der Waals surface area contributed by atoms with Crippen molar-refractivity contribution in [1.29, 1.82) is 0 Å². The lowest BCUT2D eigenvalue weighted by Crippen LogP contribution is -2.50. The molecular weight excluding hydrogens is 394 g/mol. The highest BCUT2D eigenvalue weighted by Gasteiger charge is 2.55. The summed E-state index contributed by atoms with van der Waals surface area (Å²) in [5.41, 5.74) is 0.901. The minimum absolute atomic E-state index is 0.0580. The lowest BCUT2D eigenvalue weighted by Gasteiger charge is -2.40. The SMILES string of the molecule is CC(C)(C)[Si](C)(C)O[C@@H]1C(=O)N(Cc2ccccc2)C(=O)[C@H]1[C@H](O)C1CCCCC1. The van der Waals surface area contributed by atoms with Crippen molar-refractivity contribution in [3.63, 3.8) is 0 Å². The van der Waals surface area contributed by atoms with Crippen molar-refractivity contribution in [3.8, 4) is 0 Å². The molecule has 3 atom stereocenters. The molecule has 1 saturated heterocycles. The smallest absolute Gasteiger partial charge is 0.258 e. The zero-order valence-electron chi connectivity index (χ0n) is 19.1. The summed E-state index contributed by atoms with van der Waals surface area (Å²) >= 11 is 0. The van der Waals surface area contributed by atoms with Gasteiger partial charge in [-0.2, -0.15) is 0 Å². The Kier molecular flexibility index (Phi) is 6.90. The fourth-order valence-electron chi connectivity index (χ4n) is 4.36. The van der Waals surface area contributed by atoms with Crippen LogP contribution in [0.1, 0.15) is 58.4 Å². The molecule has 2 aliphatic rings. The van der Waals surface area contributed by atoms with Gasteiger partial charge in [-0.15, -0.1) is 0 Å². The standard InChI is InChI=1S/C24H37NO4Si/c1-24(2,3)30(4,5)29-21-19(20(26)18-14-10-7-11-15-18)22(27)25(23(21)28)16-17-12-8-6-9-13-17/h6,8-9,12-13,18-21,26H,7,10-11,14-16H2,1-5H3/t19-,20+,21-/m0/s1. The first-order chi connectivity index (χ1) is 14.0. The van der Waals surface area contributed by atoms with Crippen LogP contribution in [0.15, 0.2) is 30.3 Å².